The van der Waals surface area contributed by atoms with Gasteiger partial charge in [-0.15, -0.1) is 12.4 Å². The van der Waals surface area contributed by atoms with Crippen LogP contribution >= 0.6 is 12.4 Å². The highest BCUT2D eigenvalue weighted by Crippen LogP contribution is 2.24. The van der Waals surface area contributed by atoms with E-state index in [0.717, 1.165) is 30.6 Å². The molecule has 0 aromatic heterocycles. The van der Waals surface area contributed by atoms with Gasteiger partial charge in [-0.3, -0.25) is 4.79 Å². The number of rotatable bonds is 6. The van der Waals surface area contributed by atoms with Gasteiger partial charge in [-0.1, -0.05) is 36.8 Å². The van der Waals surface area contributed by atoms with Gasteiger partial charge in [0, 0.05) is 11.6 Å². The van der Waals surface area contributed by atoms with Crippen LogP contribution in [0.1, 0.15) is 35.2 Å². The van der Waals surface area contributed by atoms with Crippen molar-refractivity contribution in [2.75, 3.05) is 6.54 Å². The molecule has 1 aliphatic carbocycles. The van der Waals surface area contributed by atoms with E-state index in [1.807, 2.05) is 54.6 Å². The zero-order chi connectivity index (χ0) is 16.8. The topological polar surface area (TPSA) is 64.3 Å². The Balaban J connectivity index is 0.00000225. The average molecular weight is 361 g/mol. The number of hydrogen-bond donors (Lipinski definition) is 2. The maximum atomic E-state index is 12.4. The SMILES string of the molecule is Cl.NCC1CCCC1NC(=O)c1ccc(COc2ccccc2)cc1. The maximum absolute atomic E-state index is 12.4. The molecule has 25 heavy (non-hydrogen) atoms. The third-order valence-electron chi connectivity index (χ3n) is 4.64. The molecule has 1 aliphatic rings. The molecule has 3 rings (SSSR count). The highest BCUT2D eigenvalue weighted by molar-refractivity contribution is 5.94. The summed E-state index contributed by atoms with van der Waals surface area (Å²) in [5, 5.41) is 3.12. The zero-order valence-corrected chi connectivity index (χ0v) is 15.0. The Morgan fingerprint density at radius 3 is 2.48 bits per heavy atom. The van der Waals surface area contributed by atoms with E-state index in [1.165, 1.54) is 0 Å². The first-order chi connectivity index (χ1) is 11.8. The molecule has 2 aromatic rings. The van der Waals surface area contributed by atoms with Crippen LogP contribution in [0.4, 0.5) is 0 Å². The average Bonchev–Trinajstić information content (AvgIpc) is 3.08. The summed E-state index contributed by atoms with van der Waals surface area (Å²) < 4.78 is 5.71. The summed E-state index contributed by atoms with van der Waals surface area (Å²) in [5.74, 6) is 1.23. The monoisotopic (exact) mass is 360 g/mol. The van der Waals surface area contributed by atoms with Gasteiger partial charge < -0.3 is 15.8 Å². The summed E-state index contributed by atoms with van der Waals surface area (Å²) in [6.45, 7) is 1.13. The van der Waals surface area contributed by atoms with Crippen LogP contribution in [0.25, 0.3) is 0 Å². The molecule has 2 aromatic carbocycles. The van der Waals surface area contributed by atoms with Crippen LogP contribution in [0.15, 0.2) is 54.6 Å². The number of nitrogens with two attached hydrogens (primary N) is 1. The molecule has 134 valence electrons. The molecular weight excluding hydrogens is 336 g/mol. The van der Waals surface area contributed by atoms with Crippen LogP contribution in [0.3, 0.4) is 0 Å². The summed E-state index contributed by atoms with van der Waals surface area (Å²) in [7, 11) is 0. The summed E-state index contributed by atoms with van der Waals surface area (Å²) in [4.78, 5) is 12.4. The molecule has 5 heteroatoms. The predicted octanol–water partition coefficient (Wildman–Crippen LogP) is 3.54. The maximum Gasteiger partial charge on any atom is 0.251 e. The second-order valence-corrected chi connectivity index (χ2v) is 6.31. The number of amides is 1. The van der Waals surface area contributed by atoms with Gasteiger partial charge in [0.2, 0.25) is 0 Å². The van der Waals surface area contributed by atoms with Crippen molar-refractivity contribution in [3.63, 3.8) is 0 Å². The first-order valence-corrected chi connectivity index (χ1v) is 8.54. The van der Waals surface area contributed by atoms with Gasteiger partial charge in [-0.2, -0.15) is 0 Å². The lowest BCUT2D eigenvalue weighted by Crippen LogP contribution is -2.39. The molecule has 3 N–H and O–H groups in total. The van der Waals surface area contributed by atoms with Crippen molar-refractivity contribution in [1.82, 2.24) is 5.32 Å². The molecular formula is C20H25ClN2O2. The molecule has 0 spiro atoms. The Kier molecular flexibility index (Phi) is 7.29. The molecule has 0 radical (unpaired) electrons. The van der Waals surface area contributed by atoms with Crippen LogP contribution < -0.4 is 15.8 Å². The lowest BCUT2D eigenvalue weighted by atomic mass is 10.0. The van der Waals surface area contributed by atoms with Crippen molar-refractivity contribution in [3.05, 3.63) is 65.7 Å². The fraction of sp³-hybridized carbons (Fsp3) is 0.350. The molecule has 2 unspecified atom stereocenters. The predicted molar refractivity (Wildman–Crippen MR) is 102 cm³/mol. The van der Waals surface area contributed by atoms with Crippen LogP contribution in [0.5, 0.6) is 5.75 Å². The molecule has 1 amide bonds. The molecule has 0 saturated heterocycles. The Hall–Kier alpha value is -2.04. The van der Waals surface area contributed by atoms with Gasteiger partial charge >= 0.3 is 0 Å². The van der Waals surface area contributed by atoms with Crippen LogP contribution in [0, 0.1) is 5.92 Å². The minimum atomic E-state index is -0.0177. The number of para-hydroxylation sites is 1. The number of hydrogen-bond acceptors (Lipinski definition) is 3. The van der Waals surface area contributed by atoms with E-state index in [2.05, 4.69) is 5.32 Å². The number of carbonyl (C=O) groups is 1. The van der Waals surface area contributed by atoms with Crippen molar-refractivity contribution in [2.45, 2.75) is 31.9 Å². The van der Waals surface area contributed by atoms with Gasteiger partial charge in [-0.05, 0) is 55.1 Å². The first kappa shape index (κ1) is 19.3. The fourth-order valence-electron chi connectivity index (χ4n) is 3.20. The molecule has 0 bridgehead atoms. The molecule has 0 aliphatic heterocycles. The smallest absolute Gasteiger partial charge is 0.251 e. The Morgan fingerprint density at radius 2 is 1.80 bits per heavy atom. The van der Waals surface area contributed by atoms with Crippen molar-refractivity contribution in [3.8, 4) is 5.75 Å². The first-order valence-electron chi connectivity index (χ1n) is 8.54. The third-order valence-corrected chi connectivity index (χ3v) is 4.64. The number of nitrogens with one attached hydrogen (secondary N) is 1. The Morgan fingerprint density at radius 1 is 1.08 bits per heavy atom. The minimum absolute atomic E-state index is 0. The Labute approximate surface area is 155 Å². The van der Waals surface area contributed by atoms with E-state index >= 15 is 0 Å². The summed E-state index contributed by atoms with van der Waals surface area (Å²) in [5.41, 5.74) is 7.49. The standard InChI is InChI=1S/C20H24N2O2.ClH/c21-13-17-5-4-8-19(17)22-20(23)16-11-9-15(10-12-16)14-24-18-6-2-1-3-7-18;/h1-3,6-7,9-12,17,19H,4-5,8,13-14,21H2,(H,22,23);1H. The fourth-order valence-corrected chi connectivity index (χ4v) is 3.20. The lowest BCUT2D eigenvalue weighted by molar-refractivity contribution is 0.0928. The highest BCUT2D eigenvalue weighted by atomic mass is 35.5. The highest BCUT2D eigenvalue weighted by Gasteiger charge is 2.27. The van der Waals surface area contributed by atoms with E-state index < -0.39 is 0 Å². The van der Waals surface area contributed by atoms with E-state index in [1.54, 1.807) is 0 Å². The van der Waals surface area contributed by atoms with Crippen LogP contribution in [-0.4, -0.2) is 18.5 Å². The zero-order valence-electron chi connectivity index (χ0n) is 14.2. The summed E-state index contributed by atoms with van der Waals surface area (Å²) >= 11 is 0. The summed E-state index contributed by atoms with van der Waals surface area (Å²) in [6, 6.07) is 17.5. The molecule has 1 saturated carbocycles. The molecule has 2 atom stereocenters. The van der Waals surface area contributed by atoms with E-state index in [4.69, 9.17) is 10.5 Å². The minimum Gasteiger partial charge on any atom is -0.489 e. The van der Waals surface area contributed by atoms with Gasteiger partial charge in [0.1, 0.15) is 12.4 Å². The Bertz CT molecular complexity index is 661. The molecule has 0 heterocycles. The number of halogens is 1. The number of carbonyl (C=O) groups excluding carboxylic acids is 1. The second kappa shape index (κ2) is 9.44. The normalized spacial score (nSPS) is 19.1. The van der Waals surface area contributed by atoms with Gasteiger partial charge in [0.15, 0.2) is 0 Å². The molecule has 1 fully saturated rings. The van der Waals surface area contributed by atoms with Gasteiger partial charge in [0.05, 0.1) is 0 Å². The van der Waals surface area contributed by atoms with Crippen molar-refractivity contribution >= 4 is 18.3 Å². The van der Waals surface area contributed by atoms with Crippen molar-refractivity contribution in [2.24, 2.45) is 11.7 Å². The van der Waals surface area contributed by atoms with Crippen LogP contribution in [0.2, 0.25) is 0 Å². The lowest BCUT2D eigenvalue weighted by Gasteiger charge is -2.19. The largest absolute Gasteiger partial charge is 0.489 e. The van der Waals surface area contributed by atoms with Gasteiger partial charge in [0.25, 0.3) is 5.91 Å². The molecule has 4 nitrogen and oxygen atoms in total. The quantitative estimate of drug-likeness (QED) is 0.828. The van der Waals surface area contributed by atoms with Gasteiger partial charge in [-0.25, -0.2) is 0 Å². The van der Waals surface area contributed by atoms with E-state index in [0.29, 0.717) is 24.6 Å². The summed E-state index contributed by atoms with van der Waals surface area (Å²) in [6.07, 6.45) is 3.27. The third kappa shape index (κ3) is 5.21. The number of ether oxygens (including phenoxy) is 1. The second-order valence-electron chi connectivity index (χ2n) is 6.31. The van der Waals surface area contributed by atoms with Crippen LogP contribution in [-0.2, 0) is 6.61 Å². The number of benzene rings is 2. The van der Waals surface area contributed by atoms with Crippen molar-refractivity contribution < 1.29 is 9.53 Å². The van der Waals surface area contributed by atoms with Crippen molar-refractivity contribution in [1.29, 1.82) is 0 Å². The van der Waals surface area contributed by atoms with E-state index in [9.17, 15) is 4.79 Å². The van der Waals surface area contributed by atoms with E-state index in [-0.39, 0.29) is 24.4 Å².